The minimum atomic E-state index is -0.409. The molecule has 2 aromatic carbocycles. The van der Waals surface area contributed by atoms with E-state index in [1.807, 2.05) is 12.1 Å². The van der Waals surface area contributed by atoms with Crippen molar-refractivity contribution in [3.05, 3.63) is 71.9 Å². The molecule has 3 aromatic rings. The van der Waals surface area contributed by atoms with Crippen LogP contribution in [0.1, 0.15) is 33.6 Å². The molecule has 3 N–H and O–H groups in total. The Balaban J connectivity index is 1.26. The molecule has 1 aliphatic rings. The van der Waals surface area contributed by atoms with Gasteiger partial charge in [0, 0.05) is 18.7 Å². The van der Waals surface area contributed by atoms with E-state index in [1.54, 1.807) is 30.5 Å². The molecule has 9 nitrogen and oxygen atoms in total. The number of ether oxygens (including phenoxy) is 2. The molecule has 35 heavy (non-hydrogen) atoms. The van der Waals surface area contributed by atoms with Crippen LogP contribution in [0.2, 0.25) is 0 Å². The zero-order valence-electron chi connectivity index (χ0n) is 19.3. The quantitative estimate of drug-likeness (QED) is 0.347. The number of amides is 1. The van der Waals surface area contributed by atoms with Crippen LogP contribution < -0.4 is 15.0 Å². The van der Waals surface area contributed by atoms with E-state index in [9.17, 15) is 19.8 Å². The van der Waals surface area contributed by atoms with Gasteiger partial charge in [0.15, 0.2) is 11.5 Å². The van der Waals surface area contributed by atoms with Crippen molar-refractivity contribution < 1.29 is 29.3 Å². The number of aromatic nitrogens is 1. The summed E-state index contributed by atoms with van der Waals surface area (Å²) in [7, 11) is 1.35. The number of aromatic hydroxyl groups is 2. The summed E-state index contributed by atoms with van der Waals surface area (Å²) in [6, 6.07) is 14.5. The third-order valence-corrected chi connectivity index (χ3v) is 5.92. The number of hydrogen-bond acceptors (Lipinski definition) is 8. The average molecular weight is 478 g/mol. The highest BCUT2D eigenvalue weighted by molar-refractivity contribution is 6.04. The lowest BCUT2D eigenvalue weighted by Gasteiger charge is -2.32. The highest BCUT2D eigenvalue weighted by atomic mass is 16.5. The lowest BCUT2D eigenvalue weighted by Crippen LogP contribution is -2.36. The molecule has 9 heteroatoms. The highest BCUT2D eigenvalue weighted by Crippen LogP contribution is 2.26. The van der Waals surface area contributed by atoms with Crippen molar-refractivity contribution in [3.8, 4) is 17.2 Å². The van der Waals surface area contributed by atoms with Crippen molar-refractivity contribution in [3.63, 3.8) is 0 Å². The molecule has 1 aliphatic heterocycles. The van der Waals surface area contributed by atoms with Gasteiger partial charge in [-0.05, 0) is 67.3 Å². The van der Waals surface area contributed by atoms with Gasteiger partial charge in [0.25, 0.3) is 5.91 Å². The van der Waals surface area contributed by atoms with Gasteiger partial charge in [-0.1, -0.05) is 6.07 Å². The Labute approximate surface area is 202 Å². The number of anilines is 2. The van der Waals surface area contributed by atoms with Gasteiger partial charge in [0.1, 0.15) is 11.6 Å². The second kappa shape index (κ2) is 10.8. The van der Waals surface area contributed by atoms with Crippen LogP contribution in [0.4, 0.5) is 11.5 Å². The van der Waals surface area contributed by atoms with E-state index in [1.165, 1.54) is 25.3 Å². The topological polar surface area (TPSA) is 121 Å². The fourth-order valence-electron chi connectivity index (χ4n) is 3.89. The third-order valence-electron chi connectivity index (χ3n) is 5.92. The Bertz CT molecular complexity index is 1190. The Morgan fingerprint density at radius 2 is 1.83 bits per heavy atom. The molecule has 2 heterocycles. The van der Waals surface area contributed by atoms with Gasteiger partial charge in [0.05, 0.1) is 31.2 Å². The van der Waals surface area contributed by atoms with E-state index in [2.05, 4.69) is 15.2 Å². The van der Waals surface area contributed by atoms with Crippen molar-refractivity contribution >= 4 is 23.4 Å². The summed E-state index contributed by atoms with van der Waals surface area (Å²) in [4.78, 5) is 30.7. The predicted molar refractivity (Wildman–Crippen MR) is 130 cm³/mol. The molecule has 0 atom stereocenters. The van der Waals surface area contributed by atoms with E-state index in [0.717, 1.165) is 31.7 Å². The van der Waals surface area contributed by atoms with Crippen LogP contribution in [0.25, 0.3) is 0 Å². The Morgan fingerprint density at radius 1 is 1.03 bits per heavy atom. The third kappa shape index (κ3) is 6.00. The molecule has 0 spiro atoms. The van der Waals surface area contributed by atoms with Gasteiger partial charge >= 0.3 is 5.97 Å². The van der Waals surface area contributed by atoms with Crippen LogP contribution in [0, 0.1) is 5.92 Å². The van der Waals surface area contributed by atoms with Crippen LogP contribution in [0.5, 0.6) is 17.2 Å². The lowest BCUT2D eigenvalue weighted by atomic mass is 9.98. The normalized spacial score (nSPS) is 13.8. The molecule has 0 saturated carbocycles. The van der Waals surface area contributed by atoms with Gasteiger partial charge < -0.3 is 29.9 Å². The average Bonchev–Trinajstić information content (AvgIpc) is 2.89. The number of benzene rings is 2. The predicted octanol–water partition coefficient (Wildman–Crippen LogP) is 3.83. The first kappa shape index (κ1) is 23.9. The van der Waals surface area contributed by atoms with Gasteiger partial charge in [0.2, 0.25) is 0 Å². The van der Waals surface area contributed by atoms with E-state index in [0.29, 0.717) is 29.5 Å². The maximum Gasteiger partial charge on any atom is 0.337 e. The van der Waals surface area contributed by atoms with E-state index < -0.39 is 5.91 Å². The van der Waals surface area contributed by atoms with Crippen LogP contribution in [-0.2, 0) is 4.74 Å². The minimum Gasteiger partial charge on any atom is -0.504 e. The number of hydrogen-bond donors (Lipinski definition) is 3. The van der Waals surface area contributed by atoms with E-state index >= 15 is 0 Å². The SMILES string of the molecule is COC(=O)c1cccc(OCC2CCN(c3ccc(NC(=O)c4ccc(O)c(O)c4)cn3)CC2)c1. The number of pyridine rings is 1. The van der Waals surface area contributed by atoms with Crippen molar-refractivity contribution in [1.82, 2.24) is 4.98 Å². The molecule has 1 aromatic heterocycles. The first-order chi connectivity index (χ1) is 16.9. The van der Waals surface area contributed by atoms with Gasteiger partial charge in [-0.3, -0.25) is 4.79 Å². The highest BCUT2D eigenvalue weighted by Gasteiger charge is 2.21. The minimum absolute atomic E-state index is 0.227. The number of nitrogens with one attached hydrogen (secondary N) is 1. The number of nitrogens with zero attached hydrogens (tertiary/aromatic N) is 2. The number of carbonyl (C=O) groups is 2. The largest absolute Gasteiger partial charge is 0.504 e. The number of phenolic OH excluding ortho intramolecular Hbond substituents is 2. The summed E-state index contributed by atoms with van der Waals surface area (Å²) in [5.74, 6) is 0.445. The Morgan fingerprint density at radius 3 is 2.51 bits per heavy atom. The van der Waals surface area contributed by atoms with Gasteiger partial charge in [-0.15, -0.1) is 0 Å². The summed E-state index contributed by atoms with van der Waals surface area (Å²) in [6.45, 7) is 2.24. The first-order valence-corrected chi connectivity index (χ1v) is 11.3. The van der Waals surface area contributed by atoms with Crippen LogP contribution >= 0.6 is 0 Å². The molecule has 1 amide bonds. The maximum absolute atomic E-state index is 12.4. The number of rotatable bonds is 7. The summed E-state index contributed by atoms with van der Waals surface area (Å²) >= 11 is 0. The maximum atomic E-state index is 12.4. The first-order valence-electron chi connectivity index (χ1n) is 11.3. The number of carbonyl (C=O) groups excluding carboxylic acids is 2. The molecule has 182 valence electrons. The van der Waals surface area contributed by atoms with Crippen molar-refractivity contribution in [1.29, 1.82) is 0 Å². The molecule has 0 bridgehead atoms. The van der Waals surface area contributed by atoms with E-state index in [4.69, 9.17) is 9.47 Å². The standard InChI is InChI=1S/C26H27N3O6/c1-34-26(33)19-3-2-4-21(13-19)35-16-17-9-11-29(12-10-17)24-8-6-20(15-27-24)28-25(32)18-5-7-22(30)23(31)14-18/h2-8,13-15,17,30-31H,9-12,16H2,1H3,(H,28,32). The molecule has 1 fully saturated rings. The molecule has 4 rings (SSSR count). The monoisotopic (exact) mass is 477 g/mol. The molecule has 0 aliphatic carbocycles. The van der Waals surface area contributed by atoms with Crippen LogP contribution in [0.15, 0.2) is 60.8 Å². The van der Waals surface area contributed by atoms with Crippen molar-refractivity contribution in [2.45, 2.75) is 12.8 Å². The lowest BCUT2D eigenvalue weighted by molar-refractivity contribution is 0.0600. The van der Waals surface area contributed by atoms with E-state index in [-0.39, 0.29) is 23.0 Å². The number of esters is 1. The second-order valence-corrected chi connectivity index (χ2v) is 8.32. The molecule has 0 unspecified atom stereocenters. The number of piperidine rings is 1. The summed E-state index contributed by atoms with van der Waals surface area (Å²) in [5, 5.41) is 21.7. The number of phenols is 2. The van der Waals surface area contributed by atoms with Crippen LogP contribution in [-0.4, -0.2) is 53.9 Å². The molecular weight excluding hydrogens is 450 g/mol. The fraction of sp³-hybridized carbons (Fsp3) is 0.269. The number of methoxy groups -OCH3 is 1. The Hall–Kier alpha value is -4.27. The summed E-state index contributed by atoms with van der Waals surface area (Å²) in [5.41, 5.74) is 1.22. The Kier molecular flexibility index (Phi) is 7.35. The molecule has 1 saturated heterocycles. The summed E-state index contributed by atoms with van der Waals surface area (Å²) in [6.07, 6.45) is 3.49. The summed E-state index contributed by atoms with van der Waals surface area (Å²) < 4.78 is 10.7. The smallest absolute Gasteiger partial charge is 0.337 e. The van der Waals surface area contributed by atoms with Gasteiger partial charge in [-0.2, -0.15) is 0 Å². The van der Waals surface area contributed by atoms with Crippen LogP contribution in [0.3, 0.4) is 0 Å². The zero-order valence-corrected chi connectivity index (χ0v) is 19.3. The fourth-order valence-corrected chi connectivity index (χ4v) is 3.89. The zero-order chi connectivity index (χ0) is 24.8. The second-order valence-electron chi connectivity index (χ2n) is 8.32. The molecule has 0 radical (unpaired) electrons. The van der Waals surface area contributed by atoms with Crippen molar-refractivity contribution in [2.75, 3.05) is 37.0 Å². The van der Waals surface area contributed by atoms with Crippen molar-refractivity contribution in [2.24, 2.45) is 5.92 Å². The van der Waals surface area contributed by atoms with Gasteiger partial charge in [-0.25, -0.2) is 9.78 Å². The molecular formula is C26H27N3O6.